The number of rotatable bonds is 3. The van der Waals surface area contributed by atoms with Crippen molar-refractivity contribution < 1.29 is 19.1 Å². The third-order valence-electron chi connectivity index (χ3n) is 3.17. The molecule has 0 heterocycles. The van der Waals surface area contributed by atoms with Crippen LogP contribution in [0.2, 0.25) is 0 Å². The van der Waals surface area contributed by atoms with Gasteiger partial charge in [-0.3, -0.25) is 5.32 Å². The fourth-order valence-electron chi connectivity index (χ4n) is 2.18. The molecule has 0 saturated heterocycles. The first-order chi connectivity index (χ1) is 11.3. The molecule has 5 heteroatoms. The smallest absolute Gasteiger partial charge is 0.412 e. The lowest BCUT2D eigenvalue weighted by Gasteiger charge is -2.19. The van der Waals surface area contributed by atoms with Crippen molar-refractivity contribution >= 4 is 17.7 Å². The van der Waals surface area contributed by atoms with E-state index < -0.39 is 11.7 Å². The maximum Gasteiger partial charge on any atom is 0.412 e. The molecule has 0 aliphatic rings. The van der Waals surface area contributed by atoms with Crippen LogP contribution in [0.25, 0.3) is 11.1 Å². The Morgan fingerprint density at radius 3 is 2.17 bits per heavy atom. The summed E-state index contributed by atoms with van der Waals surface area (Å²) < 4.78 is 10.0. The first-order valence-corrected chi connectivity index (χ1v) is 7.58. The number of anilines is 1. The Morgan fingerprint density at radius 1 is 0.958 bits per heavy atom. The van der Waals surface area contributed by atoms with Gasteiger partial charge in [0.1, 0.15) is 5.60 Å². The van der Waals surface area contributed by atoms with Crippen LogP contribution in [-0.2, 0) is 9.47 Å². The van der Waals surface area contributed by atoms with E-state index in [1.54, 1.807) is 45.0 Å². The van der Waals surface area contributed by atoms with Gasteiger partial charge in [0.2, 0.25) is 0 Å². The van der Waals surface area contributed by atoms with Crippen molar-refractivity contribution in [2.75, 3.05) is 12.4 Å². The molecule has 126 valence electrons. The maximum absolute atomic E-state index is 11.9. The van der Waals surface area contributed by atoms with Crippen molar-refractivity contribution in [2.45, 2.75) is 26.4 Å². The third kappa shape index (κ3) is 4.59. The standard InChI is InChI=1S/C19H21NO4/c1-19(2,3)24-18(22)20-14-11-9-13(10-12-14)15-7-5-6-8-16(15)17(21)23-4/h5-12H,1-4H3,(H,20,22). The number of benzene rings is 2. The summed E-state index contributed by atoms with van der Waals surface area (Å²) in [5.74, 6) is -0.387. The van der Waals surface area contributed by atoms with Crippen molar-refractivity contribution in [3.63, 3.8) is 0 Å². The van der Waals surface area contributed by atoms with Gasteiger partial charge in [-0.25, -0.2) is 9.59 Å². The Morgan fingerprint density at radius 2 is 1.58 bits per heavy atom. The van der Waals surface area contributed by atoms with E-state index in [4.69, 9.17) is 9.47 Å². The van der Waals surface area contributed by atoms with Crippen LogP contribution in [0.5, 0.6) is 0 Å². The summed E-state index contributed by atoms with van der Waals surface area (Å²) in [5.41, 5.74) is 2.18. The van der Waals surface area contributed by atoms with Gasteiger partial charge in [0, 0.05) is 5.69 Å². The van der Waals surface area contributed by atoms with Gasteiger partial charge in [0.25, 0.3) is 0 Å². The third-order valence-corrected chi connectivity index (χ3v) is 3.17. The Kier molecular flexibility index (Phi) is 5.24. The summed E-state index contributed by atoms with van der Waals surface area (Å²) in [6.07, 6.45) is -0.509. The highest BCUT2D eigenvalue weighted by Gasteiger charge is 2.16. The molecule has 1 amide bonds. The molecule has 0 bridgehead atoms. The molecule has 0 spiro atoms. The lowest BCUT2D eigenvalue weighted by Crippen LogP contribution is -2.27. The van der Waals surface area contributed by atoms with Gasteiger partial charge in [0.15, 0.2) is 0 Å². The van der Waals surface area contributed by atoms with E-state index in [1.165, 1.54) is 7.11 Å². The summed E-state index contributed by atoms with van der Waals surface area (Å²) in [6, 6.07) is 14.4. The second kappa shape index (κ2) is 7.17. The summed E-state index contributed by atoms with van der Waals surface area (Å²) >= 11 is 0. The predicted octanol–water partition coefficient (Wildman–Crippen LogP) is 4.49. The number of methoxy groups -OCH3 is 1. The SMILES string of the molecule is COC(=O)c1ccccc1-c1ccc(NC(=O)OC(C)(C)C)cc1. The number of carbonyl (C=O) groups excluding carboxylic acids is 2. The largest absolute Gasteiger partial charge is 0.465 e. The van der Waals surface area contributed by atoms with Crippen molar-refractivity contribution in [3.05, 3.63) is 54.1 Å². The predicted molar refractivity (Wildman–Crippen MR) is 93.1 cm³/mol. The second-order valence-corrected chi connectivity index (χ2v) is 6.24. The maximum atomic E-state index is 11.9. The highest BCUT2D eigenvalue weighted by molar-refractivity contribution is 5.97. The monoisotopic (exact) mass is 327 g/mol. The van der Waals surface area contributed by atoms with Crippen molar-refractivity contribution in [2.24, 2.45) is 0 Å². The molecule has 0 saturated carbocycles. The lowest BCUT2D eigenvalue weighted by atomic mass is 9.99. The molecular weight excluding hydrogens is 306 g/mol. The molecule has 2 aromatic carbocycles. The van der Waals surface area contributed by atoms with Crippen molar-refractivity contribution in [1.82, 2.24) is 0 Å². The van der Waals surface area contributed by atoms with Gasteiger partial charge in [0.05, 0.1) is 12.7 Å². The first kappa shape index (κ1) is 17.5. The van der Waals surface area contributed by atoms with E-state index in [2.05, 4.69) is 5.32 Å². The molecule has 1 N–H and O–H groups in total. The van der Waals surface area contributed by atoms with E-state index in [-0.39, 0.29) is 5.97 Å². The van der Waals surface area contributed by atoms with Gasteiger partial charge in [-0.2, -0.15) is 0 Å². The van der Waals surface area contributed by atoms with Gasteiger partial charge < -0.3 is 9.47 Å². The first-order valence-electron chi connectivity index (χ1n) is 7.58. The second-order valence-electron chi connectivity index (χ2n) is 6.24. The number of esters is 1. The molecule has 0 unspecified atom stereocenters. The summed E-state index contributed by atoms with van der Waals surface area (Å²) in [6.45, 7) is 5.41. The van der Waals surface area contributed by atoms with Crippen LogP contribution >= 0.6 is 0 Å². The molecule has 0 atom stereocenters. The molecule has 2 aromatic rings. The van der Waals surface area contributed by atoms with Crippen LogP contribution < -0.4 is 5.32 Å². The van der Waals surface area contributed by atoms with Crippen molar-refractivity contribution in [3.8, 4) is 11.1 Å². The zero-order valence-corrected chi connectivity index (χ0v) is 14.3. The minimum absolute atomic E-state index is 0.387. The van der Waals surface area contributed by atoms with Crippen LogP contribution in [-0.4, -0.2) is 24.8 Å². The Balaban J connectivity index is 2.19. The van der Waals surface area contributed by atoms with E-state index in [0.29, 0.717) is 11.3 Å². The number of carbonyl (C=O) groups is 2. The highest BCUT2D eigenvalue weighted by atomic mass is 16.6. The van der Waals surface area contributed by atoms with Crippen LogP contribution in [0.3, 0.4) is 0 Å². The van der Waals surface area contributed by atoms with Crippen LogP contribution in [0.1, 0.15) is 31.1 Å². The normalized spacial score (nSPS) is 10.8. The molecule has 0 aromatic heterocycles. The quantitative estimate of drug-likeness (QED) is 0.844. The number of hydrogen-bond donors (Lipinski definition) is 1. The van der Waals surface area contributed by atoms with Gasteiger partial charge >= 0.3 is 12.1 Å². The van der Waals surface area contributed by atoms with E-state index in [9.17, 15) is 9.59 Å². The fourth-order valence-corrected chi connectivity index (χ4v) is 2.18. The average Bonchev–Trinajstić information content (AvgIpc) is 2.53. The number of amides is 1. The molecule has 24 heavy (non-hydrogen) atoms. The zero-order valence-electron chi connectivity index (χ0n) is 14.3. The van der Waals surface area contributed by atoms with Crippen LogP contribution in [0.4, 0.5) is 10.5 Å². The lowest BCUT2D eigenvalue weighted by molar-refractivity contribution is 0.0599. The highest BCUT2D eigenvalue weighted by Crippen LogP contribution is 2.26. The number of nitrogens with one attached hydrogen (secondary N) is 1. The van der Waals surface area contributed by atoms with Crippen LogP contribution in [0.15, 0.2) is 48.5 Å². The Hall–Kier alpha value is -2.82. The van der Waals surface area contributed by atoms with Gasteiger partial charge in [-0.15, -0.1) is 0 Å². The van der Waals surface area contributed by atoms with Crippen molar-refractivity contribution in [1.29, 1.82) is 0 Å². The molecule has 5 nitrogen and oxygen atoms in total. The van der Waals surface area contributed by atoms with Gasteiger partial charge in [-0.1, -0.05) is 30.3 Å². The molecule has 0 aliphatic heterocycles. The Labute approximate surface area is 141 Å². The average molecular weight is 327 g/mol. The zero-order chi connectivity index (χ0) is 17.7. The molecule has 2 rings (SSSR count). The molecular formula is C19H21NO4. The fraction of sp³-hybridized carbons (Fsp3) is 0.263. The minimum atomic E-state index is -0.552. The number of hydrogen-bond acceptors (Lipinski definition) is 4. The summed E-state index contributed by atoms with van der Waals surface area (Å²) in [7, 11) is 1.35. The molecule has 0 fully saturated rings. The van der Waals surface area contributed by atoms with E-state index in [1.807, 2.05) is 24.3 Å². The summed E-state index contributed by atoms with van der Waals surface area (Å²) in [5, 5.41) is 2.67. The van der Waals surface area contributed by atoms with Gasteiger partial charge in [-0.05, 0) is 50.1 Å². The van der Waals surface area contributed by atoms with Crippen LogP contribution in [0, 0.1) is 0 Å². The van der Waals surface area contributed by atoms with E-state index in [0.717, 1.165) is 11.1 Å². The topological polar surface area (TPSA) is 64.6 Å². The minimum Gasteiger partial charge on any atom is -0.465 e. The summed E-state index contributed by atoms with van der Waals surface area (Å²) in [4.78, 5) is 23.6. The Bertz CT molecular complexity index is 730. The number of ether oxygens (including phenoxy) is 2. The van der Waals surface area contributed by atoms with E-state index >= 15 is 0 Å². The molecule has 0 aliphatic carbocycles. The molecule has 0 radical (unpaired) electrons.